The van der Waals surface area contributed by atoms with Crippen LogP contribution in [-0.2, 0) is 22.7 Å². The second kappa shape index (κ2) is 11.7. The van der Waals surface area contributed by atoms with E-state index in [4.69, 9.17) is 0 Å². The van der Waals surface area contributed by atoms with Crippen LogP contribution in [-0.4, -0.2) is 0 Å². The molecule has 4 aromatic carbocycles. The van der Waals surface area contributed by atoms with E-state index >= 15 is 0 Å². The van der Waals surface area contributed by atoms with Crippen molar-refractivity contribution in [3.05, 3.63) is 153 Å². The molecular weight excluding hydrogens is 528 g/mol. The molecule has 0 spiro atoms. The average Bonchev–Trinajstić information content (AvgIpc) is 3.63. The van der Waals surface area contributed by atoms with Crippen molar-refractivity contribution in [2.45, 2.75) is 103 Å². The Bertz CT molecular complexity index is 1660. The van der Waals surface area contributed by atoms with Crippen LogP contribution in [0.5, 0.6) is 0 Å². The van der Waals surface area contributed by atoms with Crippen LogP contribution in [0.4, 0.5) is 0 Å². The van der Waals surface area contributed by atoms with E-state index < -0.39 is 5.41 Å². The van der Waals surface area contributed by atoms with Gasteiger partial charge in [-0.3, -0.25) is 0 Å². The molecule has 0 heterocycles. The molecule has 226 valence electrons. The second-order valence-electron chi connectivity index (χ2n) is 15.2. The lowest BCUT2D eigenvalue weighted by molar-refractivity contribution is 0.563. The van der Waals surface area contributed by atoms with Crippen LogP contribution in [0.15, 0.2) is 114 Å². The fourth-order valence-corrected chi connectivity index (χ4v) is 7.76. The van der Waals surface area contributed by atoms with Crippen molar-refractivity contribution in [1.82, 2.24) is 0 Å². The Morgan fingerprint density at radius 1 is 0.636 bits per heavy atom. The summed E-state index contributed by atoms with van der Waals surface area (Å²) < 4.78 is 0. The third-order valence-corrected chi connectivity index (χ3v) is 10.0. The molecule has 0 fully saturated rings. The third-order valence-electron chi connectivity index (χ3n) is 10.0. The van der Waals surface area contributed by atoms with Gasteiger partial charge < -0.3 is 0 Å². The summed E-state index contributed by atoms with van der Waals surface area (Å²) in [4.78, 5) is 0. The van der Waals surface area contributed by atoms with Crippen molar-refractivity contribution in [3.63, 3.8) is 0 Å². The van der Waals surface area contributed by atoms with Crippen LogP contribution >= 0.6 is 0 Å². The van der Waals surface area contributed by atoms with Gasteiger partial charge in [0.05, 0.1) is 5.41 Å². The SMILES string of the molecule is CCCCCC1=CCC(C(c2ccccc2)(c2ccccc2)c2c(C(C)(C)C)ccc3c2Cc2cc(C(C)(C)C)ccc2-3)=C1. The number of unbranched alkanes of at least 4 members (excludes halogenated alkanes) is 2. The Labute approximate surface area is 267 Å². The third kappa shape index (κ3) is 5.32. The van der Waals surface area contributed by atoms with Gasteiger partial charge in [0.25, 0.3) is 0 Å². The van der Waals surface area contributed by atoms with Crippen molar-refractivity contribution in [2.75, 3.05) is 0 Å². The lowest BCUT2D eigenvalue weighted by atomic mass is 9.59. The van der Waals surface area contributed by atoms with E-state index in [9.17, 15) is 0 Å². The van der Waals surface area contributed by atoms with Crippen LogP contribution in [0, 0.1) is 0 Å². The van der Waals surface area contributed by atoms with Crippen LogP contribution < -0.4 is 0 Å². The predicted molar refractivity (Wildman–Crippen MR) is 190 cm³/mol. The van der Waals surface area contributed by atoms with Crippen molar-refractivity contribution in [1.29, 1.82) is 0 Å². The number of allylic oxidation sites excluding steroid dienone is 4. The minimum absolute atomic E-state index is 0.0267. The van der Waals surface area contributed by atoms with Gasteiger partial charge in [0, 0.05) is 0 Å². The molecule has 0 radical (unpaired) electrons. The largest absolute Gasteiger partial charge is 0.0772 e. The minimum Gasteiger partial charge on any atom is -0.0772 e. The molecule has 0 heteroatoms. The van der Waals surface area contributed by atoms with E-state index in [2.05, 4.69) is 152 Å². The van der Waals surface area contributed by atoms with Gasteiger partial charge in [-0.05, 0) is 92.2 Å². The van der Waals surface area contributed by atoms with Crippen LogP contribution in [0.25, 0.3) is 11.1 Å². The van der Waals surface area contributed by atoms with Crippen molar-refractivity contribution in [2.24, 2.45) is 0 Å². The van der Waals surface area contributed by atoms with Gasteiger partial charge in [-0.15, -0.1) is 0 Å². The summed E-state index contributed by atoms with van der Waals surface area (Å²) in [6.07, 6.45) is 12.0. The second-order valence-corrected chi connectivity index (χ2v) is 15.2. The highest BCUT2D eigenvalue weighted by molar-refractivity contribution is 5.82. The summed E-state index contributed by atoms with van der Waals surface area (Å²) in [7, 11) is 0. The normalized spacial score (nSPS) is 14.7. The van der Waals surface area contributed by atoms with E-state index in [1.807, 2.05) is 0 Å². The highest BCUT2D eigenvalue weighted by atomic mass is 14.5. The number of fused-ring (bicyclic) bond motifs is 3. The molecule has 4 aromatic rings. The maximum atomic E-state index is 2.58. The molecule has 0 bridgehead atoms. The Morgan fingerprint density at radius 3 is 1.86 bits per heavy atom. The smallest absolute Gasteiger partial charge is 0.0673 e. The number of rotatable bonds is 8. The molecule has 0 aromatic heterocycles. The molecule has 44 heavy (non-hydrogen) atoms. The van der Waals surface area contributed by atoms with Gasteiger partial charge in [-0.25, -0.2) is 0 Å². The van der Waals surface area contributed by atoms with Crippen LogP contribution in [0.2, 0.25) is 0 Å². The van der Waals surface area contributed by atoms with E-state index in [0.717, 1.165) is 19.3 Å². The first-order valence-corrected chi connectivity index (χ1v) is 16.9. The number of benzene rings is 4. The van der Waals surface area contributed by atoms with Gasteiger partial charge in [0.15, 0.2) is 0 Å². The lowest BCUT2D eigenvalue weighted by Crippen LogP contribution is -2.36. The molecule has 0 nitrogen and oxygen atoms in total. The quantitative estimate of drug-likeness (QED) is 0.127. The van der Waals surface area contributed by atoms with Crippen molar-refractivity contribution >= 4 is 0 Å². The molecule has 2 aliphatic carbocycles. The average molecular weight is 579 g/mol. The Balaban J connectivity index is 1.69. The highest BCUT2D eigenvalue weighted by Crippen LogP contribution is 2.55. The maximum absolute atomic E-state index is 2.58. The molecule has 0 aliphatic heterocycles. The number of hydrogen-bond acceptors (Lipinski definition) is 0. The first kappa shape index (κ1) is 30.4. The summed E-state index contributed by atoms with van der Waals surface area (Å²) >= 11 is 0. The van der Waals surface area contributed by atoms with Gasteiger partial charge in [0.2, 0.25) is 0 Å². The fraction of sp³-hybridized carbons (Fsp3) is 0.364. The van der Waals surface area contributed by atoms with E-state index in [-0.39, 0.29) is 10.8 Å². The van der Waals surface area contributed by atoms with Gasteiger partial charge >= 0.3 is 0 Å². The zero-order valence-electron chi connectivity index (χ0n) is 28.1. The molecule has 0 saturated carbocycles. The topological polar surface area (TPSA) is 0 Å². The summed E-state index contributed by atoms with van der Waals surface area (Å²) in [5.74, 6) is 0. The lowest BCUT2D eigenvalue weighted by Gasteiger charge is -2.42. The summed E-state index contributed by atoms with van der Waals surface area (Å²) in [6.45, 7) is 16.5. The molecule has 2 aliphatic rings. The Morgan fingerprint density at radius 2 is 1.27 bits per heavy atom. The summed E-state index contributed by atoms with van der Waals surface area (Å²) in [5, 5.41) is 0. The Kier molecular flexibility index (Phi) is 8.08. The minimum atomic E-state index is -0.394. The van der Waals surface area contributed by atoms with Crippen molar-refractivity contribution < 1.29 is 0 Å². The summed E-state index contributed by atoms with van der Waals surface area (Å²) in [6, 6.07) is 35.0. The van der Waals surface area contributed by atoms with E-state index in [1.54, 1.807) is 0 Å². The van der Waals surface area contributed by atoms with E-state index in [1.165, 1.54) is 80.5 Å². The maximum Gasteiger partial charge on any atom is 0.0673 e. The van der Waals surface area contributed by atoms with Crippen LogP contribution in [0.1, 0.15) is 120 Å². The molecule has 0 unspecified atom stereocenters. The first-order chi connectivity index (χ1) is 21.0. The molecule has 0 saturated heterocycles. The first-order valence-electron chi connectivity index (χ1n) is 16.9. The molecule has 0 amide bonds. The van der Waals surface area contributed by atoms with Gasteiger partial charge in [-0.1, -0.05) is 170 Å². The summed E-state index contributed by atoms with van der Waals surface area (Å²) in [5.41, 5.74) is 15.6. The molecule has 0 N–H and O–H groups in total. The molecule has 0 atom stereocenters. The predicted octanol–water partition coefficient (Wildman–Crippen LogP) is 12.0. The molecule has 6 rings (SSSR count). The van der Waals surface area contributed by atoms with Gasteiger partial charge in [-0.2, -0.15) is 0 Å². The zero-order valence-corrected chi connectivity index (χ0v) is 28.1. The highest BCUT2D eigenvalue weighted by Gasteiger charge is 2.46. The number of hydrogen-bond donors (Lipinski definition) is 0. The standard InChI is InChI=1S/C44H50/c1-8-9-12-17-31-22-23-36(28-31)44(33-18-13-10-14-19-33,34-20-15-11-16-21-34)41-39-30-32-29-35(42(2,3)4)24-25-37(32)38(39)26-27-40(41)43(5,6)7/h10-11,13-16,18-22,24-29H,8-9,12,17,23,30H2,1-7H3. The fourth-order valence-electron chi connectivity index (χ4n) is 7.76. The van der Waals surface area contributed by atoms with Crippen molar-refractivity contribution in [3.8, 4) is 11.1 Å². The molecular formula is C44H50. The monoisotopic (exact) mass is 578 g/mol. The zero-order chi connectivity index (χ0) is 31.1. The van der Waals surface area contributed by atoms with Gasteiger partial charge in [0.1, 0.15) is 0 Å². The van der Waals surface area contributed by atoms with E-state index in [0.29, 0.717) is 0 Å². The van der Waals surface area contributed by atoms with Crippen LogP contribution in [0.3, 0.4) is 0 Å². The Hall–Kier alpha value is -3.64.